The average molecular weight is 454 g/mol. The molecule has 0 aromatic heterocycles. The van der Waals surface area contributed by atoms with Crippen molar-refractivity contribution in [3.05, 3.63) is 54.6 Å². The van der Waals surface area contributed by atoms with Crippen LogP contribution in [-0.4, -0.2) is 24.9 Å². The van der Waals surface area contributed by atoms with Crippen molar-refractivity contribution in [2.24, 2.45) is 5.92 Å². The van der Waals surface area contributed by atoms with E-state index in [0.29, 0.717) is 18.7 Å². The molecule has 33 heavy (non-hydrogen) atoms. The van der Waals surface area contributed by atoms with Crippen molar-refractivity contribution < 1.29 is 23.8 Å². The quantitative estimate of drug-likeness (QED) is 0.239. The third-order valence-corrected chi connectivity index (χ3v) is 5.78. The van der Waals surface area contributed by atoms with E-state index < -0.39 is 12.4 Å². The maximum absolute atomic E-state index is 13.0. The van der Waals surface area contributed by atoms with Gasteiger partial charge in [-0.25, -0.2) is 4.79 Å². The lowest BCUT2D eigenvalue weighted by molar-refractivity contribution is -0.226. The zero-order valence-corrected chi connectivity index (χ0v) is 19.7. The van der Waals surface area contributed by atoms with Crippen LogP contribution in [0.3, 0.4) is 0 Å². The van der Waals surface area contributed by atoms with Gasteiger partial charge >= 0.3 is 12.1 Å². The zero-order chi connectivity index (χ0) is 23.5. The lowest BCUT2D eigenvalue weighted by Crippen LogP contribution is -2.49. The molecule has 6 heteroatoms. The summed E-state index contributed by atoms with van der Waals surface area (Å²) in [6.07, 6.45) is 6.62. The number of hydrogen-bond donors (Lipinski definition) is 0. The van der Waals surface area contributed by atoms with E-state index in [4.69, 9.17) is 14.2 Å². The van der Waals surface area contributed by atoms with Crippen LogP contribution in [-0.2, 0) is 14.3 Å². The highest BCUT2D eigenvalue weighted by Crippen LogP contribution is 2.31. The van der Waals surface area contributed by atoms with Crippen molar-refractivity contribution in [2.75, 3.05) is 11.4 Å². The van der Waals surface area contributed by atoms with Crippen LogP contribution in [0, 0.1) is 5.92 Å². The van der Waals surface area contributed by atoms with E-state index in [0.717, 1.165) is 56.4 Å². The highest BCUT2D eigenvalue weighted by atomic mass is 16.7. The standard InChI is InChI=1S/C27H35NO5/c1-3-5-7-11-15-24-25(29)32-26(24)33-27(30)28(20-12-6-4-2)21-16-18-23(19-17-21)31-22-13-9-8-10-14-22/h8-10,13-14,16-19,24,26H,3-7,11-12,15,20H2,1-2H3/t24-,26+/m1/s1. The molecule has 2 aromatic rings. The lowest BCUT2D eigenvalue weighted by atomic mass is 9.96. The Balaban J connectivity index is 1.62. The molecule has 0 saturated carbocycles. The second-order valence-electron chi connectivity index (χ2n) is 8.41. The first-order valence-electron chi connectivity index (χ1n) is 12.1. The number of rotatable bonds is 13. The number of hydrogen-bond acceptors (Lipinski definition) is 5. The summed E-state index contributed by atoms with van der Waals surface area (Å²) in [5.74, 6) is 0.808. The molecule has 0 aliphatic carbocycles. The van der Waals surface area contributed by atoms with E-state index in [2.05, 4.69) is 13.8 Å². The number of esters is 1. The summed E-state index contributed by atoms with van der Waals surface area (Å²) in [5.41, 5.74) is 0.724. The zero-order valence-electron chi connectivity index (χ0n) is 19.7. The van der Waals surface area contributed by atoms with Gasteiger partial charge in [0.15, 0.2) is 0 Å². The molecule has 6 nitrogen and oxygen atoms in total. The Hall–Kier alpha value is -3.02. The summed E-state index contributed by atoms with van der Waals surface area (Å²) >= 11 is 0. The molecular formula is C27H35NO5. The Labute approximate surface area is 196 Å². The van der Waals surface area contributed by atoms with Crippen molar-refractivity contribution in [1.29, 1.82) is 0 Å². The molecule has 0 radical (unpaired) electrons. The van der Waals surface area contributed by atoms with Gasteiger partial charge in [0, 0.05) is 12.2 Å². The Kier molecular flexibility index (Phi) is 9.60. The molecule has 0 N–H and O–H groups in total. The summed E-state index contributed by atoms with van der Waals surface area (Å²) in [4.78, 5) is 26.5. The number of unbranched alkanes of at least 4 members (excludes halogenated alkanes) is 5. The monoisotopic (exact) mass is 453 g/mol. The molecule has 1 fully saturated rings. The predicted octanol–water partition coefficient (Wildman–Crippen LogP) is 7.08. The predicted molar refractivity (Wildman–Crippen MR) is 128 cm³/mol. The number of para-hydroxylation sites is 1. The highest BCUT2D eigenvalue weighted by molar-refractivity contribution is 5.88. The number of cyclic esters (lactones) is 1. The van der Waals surface area contributed by atoms with Crippen molar-refractivity contribution in [3.8, 4) is 11.5 Å². The van der Waals surface area contributed by atoms with Gasteiger partial charge in [-0.05, 0) is 49.2 Å². The molecule has 1 amide bonds. The molecule has 1 aliphatic rings. The summed E-state index contributed by atoms with van der Waals surface area (Å²) in [6.45, 7) is 4.80. The van der Waals surface area contributed by atoms with Gasteiger partial charge in [0.05, 0.1) is 0 Å². The Bertz CT molecular complexity index is 868. The van der Waals surface area contributed by atoms with Crippen LogP contribution in [0.2, 0.25) is 0 Å². The van der Waals surface area contributed by atoms with Gasteiger partial charge in [0.1, 0.15) is 17.4 Å². The Morgan fingerprint density at radius 1 is 0.879 bits per heavy atom. The van der Waals surface area contributed by atoms with E-state index in [-0.39, 0.29) is 11.9 Å². The van der Waals surface area contributed by atoms with Crippen molar-refractivity contribution in [2.45, 2.75) is 71.5 Å². The lowest BCUT2D eigenvalue weighted by Gasteiger charge is -2.35. The minimum atomic E-state index is -0.791. The molecular weight excluding hydrogens is 418 g/mol. The number of anilines is 1. The topological polar surface area (TPSA) is 65.1 Å². The SMILES string of the molecule is CCCCCC[C@@H]1C(=O)O[C@H]1OC(=O)N(CCCCC)c1ccc(Oc2ccccc2)cc1. The maximum Gasteiger partial charge on any atom is 0.417 e. The molecule has 0 spiro atoms. The number of ether oxygens (including phenoxy) is 3. The van der Waals surface area contributed by atoms with Crippen molar-refractivity contribution in [1.82, 2.24) is 0 Å². The minimum absolute atomic E-state index is 0.274. The van der Waals surface area contributed by atoms with Gasteiger partial charge in [-0.3, -0.25) is 9.69 Å². The van der Waals surface area contributed by atoms with Crippen LogP contribution in [0.1, 0.15) is 65.2 Å². The third kappa shape index (κ3) is 7.24. The Morgan fingerprint density at radius 3 is 2.21 bits per heavy atom. The first-order chi connectivity index (χ1) is 16.1. The highest BCUT2D eigenvalue weighted by Gasteiger charge is 2.45. The van der Waals surface area contributed by atoms with Crippen LogP contribution < -0.4 is 9.64 Å². The smallest absolute Gasteiger partial charge is 0.417 e. The van der Waals surface area contributed by atoms with E-state index in [1.807, 2.05) is 54.6 Å². The number of benzene rings is 2. The van der Waals surface area contributed by atoms with E-state index in [1.165, 1.54) is 0 Å². The molecule has 1 heterocycles. The van der Waals surface area contributed by atoms with Crippen LogP contribution >= 0.6 is 0 Å². The van der Waals surface area contributed by atoms with Gasteiger partial charge in [-0.1, -0.05) is 70.6 Å². The fourth-order valence-electron chi connectivity index (χ4n) is 3.80. The fraction of sp³-hybridized carbons (Fsp3) is 0.481. The summed E-state index contributed by atoms with van der Waals surface area (Å²) < 4.78 is 16.6. The molecule has 0 unspecified atom stereocenters. The van der Waals surface area contributed by atoms with Crippen LogP contribution in [0.15, 0.2) is 54.6 Å². The molecule has 2 aromatic carbocycles. The van der Waals surface area contributed by atoms with E-state index >= 15 is 0 Å². The summed E-state index contributed by atoms with van der Waals surface area (Å²) in [5, 5.41) is 0. The normalized spacial score (nSPS) is 17.1. The maximum atomic E-state index is 13.0. The van der Waals surface area contributed by atoms with Crippen LogP contribution in [0.5, 0.6) is 11.5 Å². The van der Waals surface area contributed by atoms with Gasteiger partial charge in [0.2, 0.25) is 0 Å². The average Bonchev–Trinajstić information content (AvgIpc) is 2.83. The molecule has 2 atom stereocenters. The van der Waals surface area contributed by atoms with Crippen LogP contribution in [0.25, 0.3) is 0 Å². The largest absolute Gasteiger partial charge is 0.457 e. The number of carbonyl (C=O) groups is 2. The second-order valence-corrected chi connectivity index (χ2v) is 8.41. The molecule has 1 saturated heterocycles. The van der Waals surface area contributed by atoms with Gasteiger partial charge in [-0.15, -0.1) is 0 Å². The Morgan fingerprint density at radius 2 is 1.55 bits per heavy atom. The van der Waals surface area contributed by atoms with Gasteiger partial charge in [0.25, 0.3) is 6.29 Å². The van der Waals surface area contributed by atoms with Crippen LogP contribution in [0.4, 0.5) is 10.5 Å². The third-order valence-electron chi connectivity index (χ3n) is 5.78. The van der Waals surface area contributed by atoms with Crippen molar-refractivity contribution in [3.63, 3.8) is 0 Å². The fourth-order valence-corrected chi connectivity index (χ4v) is 3.80. The van der Waals surface area contributed by atoms with Crippen molar-refractivity contribution >= 4 is 17.7 Å². The number of carbonyl (C=O) groups excluding carboxylic acids is 2. The minimum Gasteiger partial charge on any atom is -0.457 e. The molecule has 1 aliphatic heterocycles. The molecule has 0 bridgehead atoms. The first kappa shape index (κ1) is 24.6. The number of amides is 1. The van der Waals surface area contributed by atoms with Gasteiger partial charge < -0.3 is 14.2 Å². The summed E-state index contributed by atoms with van der Waals surface area (Å²) in [6, 6.07) is 16.9. The van der Waals surface area contributed by atoms with E-state index in [9.17, 15) is 9.59 Å². The number of nitrogens with zero attached hydrogens (tertiary/aromatic N) is 1. The van der Waals surface area contributed by atoms with Gasteiger partial charge in [-0.2, -0.15) is 0 Å². The van der Waals surface area contributed by atoms with E-state index in [1.54, 1.807) is 4.90 Å². The molecule has 178 valence electrons. The molecule has 3 rings (SSSR count). The summed E-state index contributed by atoms with van der Waals surface area (Å²) in [7, 11) is 0. The second kappa shape index (κ2) is 12.9. The first-order valence-corrected chi connectivity index (χ1v) is 12.1.